The highest BCUT2D eigenvalue weighted by atomic mass is 35.5. The highest BCUT2D eigenvalue weighted by Crippen LogP contribution is 2.21. The largest absolute Gasteiger partial charge is 0.480 e. The van der Waals surface area contributed by atoms with Gasteiger partial charge in [0.05, 0.1) is 17.8 Å². The molecular formula is C21H20ClN3O3. The van der Waals surface area contributed by atoms with Crippen molar-refractivity contribution < 1.29 is 14.7 Å². The molecule has 6 nitrogen and oxygen atoms in total. The van der Waals surface area contributed by atoms with Gasteiger partial charge in [0.1, 0.15) is 11.2 Å². The predicted molar refractivity (Wildman–Crippen MR) is 107 cm³/mol. The number of hydrogen-bond donors (Lipinski definition) is 2. The summed E-state index contributed by atoms with van der Waals surface area (Å²) in [6, 6.07) is 17.7. The van der Waals surface area contributed by atoms with Crippen molar-refractivity contribution in [3.05, 3.63) is 88.2 Å². The fourth-order valence-electron chi connectivity index (χ4n) is 2.95. The van der Waals surface area contributed by atoms with Gasteiger partial charge in [-0.2, -0.15) is 5.10 Å². The van der Waals surface area contributed by atoms with Crippen LogP contribution in [0, 0.1) is 6.92 Å². The van der Waals surface area contributed by atoms with Crippen molar-refractivity contribution in [2.75, 3.05) is 0 Å². The molecule has 28 heavy (non-hydrogen) atoms. The maximum Gasteiger partial charge on any atom is 0.326 e. The molecule has 0 spiro atoms. The summed E-state index contributed by atoms with van der Waals surface area (Å²) >= 11 is 6.39. The molecule has 3 aromatic rings. The third-order valence-corrected chi connectivity index (χ3v) is 4.74. The Hall–Kier alpha value is -3.12. The van der Waals surface area contributed by atoms with Gasteiger partial charge < -0.3 is 10.4 Å². The molecule has 0 aliphatic rings. The number of nitrogens with one attached hydrogen (secondary N) is 1. The average molecular weight is 398 g/mol. The molecule has 0 aliphatic carbocycles. The van der Waals surface area contributed by atoms with Crippen molar-refractivity contribution in [2.45, 2.75) is 25.9 Å². The number of aryl methyl sites for hydroxylation is 1. The Balaban J connectivity index is 1.78. The van der Waals surface area contributed by atoms with Crippen molar-refractivity contribution in [1.82, 2.24) is 15.1 Å². The van der Waals surface area contributed by atoms with E-state index < -0.39 is 17.9 Å². The maximum absolute atomic E-state index is 12.7. The van der Waals surface area contributed by atoms with Crippen LogP contribution in [0.15, 0.2) is 60.7 Å². The van der Waals surface area contributed by atoms with Gasteiger partial charge in [-0.25, -0.2) is 9.48 Å². The zero-order valence-corrected chi connectivity index (χ0v) is 16.1. The normalized spacial score (nSPS) is 11.8. The number of carboxylic acid groups (broad SMARTS) is 1. The average Bonchev–Trinajstić information content (AvgIpc) is 2.96. The molecule has 2 N–H and O–H groups in total. The van der Waals surface area contributed by atoms with Crippen LogP contribution in [-0.2, 0) is 17.8 Å². The molecule has 0 saturated heterocycles. The Kier molecular flexibility index (Phi) is 6.11. The fourth-order valence-corrected chi connectivity index (χ4v) is 3.27. The van der Waals surface area contributed by atoms with Crippen LogP contribution in [-0.4, -0.2) is 32.8 Å². The third kappa shape index (κ3) is 4.58. The van der Waals surface area contributed by atoms with Gasteiger partial charge in [0.2, 0.25) is 0 Å². The first-order chi connectivity index (χ1) is 13.5. The number of amides is 1. The van der Waals surface area contributed by atoms with E-state index in [0.717, 1.165) is 11.1 Å². The monoisotopic (exact) mass is 397 g/mol. The minimum Gasteiger partial charge on any atom is -0.480 e. The summed E-state index contributed by atoms with van der Waals surface area (Å²) in [7, 11) is 0. The number of hydrogen-bond acceptors (Lipinski definition) is 3. The molecular weight excluding hydrogens is 378 g/mol. The topological polar surface area (TPSA) is 84.2 Å². The second-order valence-electron chi connectivity index (χ2n) is 6.45. The van der Waals surface area contributed by atoms with Crippen LogP contribution in [0.25, 0.3) is 0 Å². The maximum atomic E-state index is 12.7. The second-order valence-corrected chi connectivity index (χ2v) is 6.81. The van der Waals surface area contributed by atoms with E-state index in [0.29, 0.717) is 12.2 Å². The molecule has 1 amide bonds. The highest BCUT2D eigenvalue weighted by Gasteiger charge is 2.26. The van der Waals surface area contributed by atoms with Gasteiger partial charge >= 0.3 is 5.97 Å². The number of carbonyl (C=O) groups excluding carboxylic acids is 1. The quantitative estimate of drug-likeness (QED) is 0.640. The minimum absolute atomic E-state index is 0.177. The Morgan fingerprint density at radius 1 is 1.07 bits per heavy atom. The molecule has 3 rings (SSSR count). The van der Waals surface area contributed by atoms with Gasteiger partial charge in [-0.3, -0.25) is 4.79 Å². The third-order valence-electron chi connectivity index (χ3n) is 4.35. The molecule has 1 heterocycles. The Morgan fingerprint density at radius 2 is 1.64 bits per heavy atom. The SMILES string of the molecule is Cc1nn(Cc2ccccc2)c(Cl)c1C(=O)NC(Cc1ccccc1)C(=O)O. The summed E-state index contributed by atoms with van der Waals surface area (Å²) in [5.74, 6) is -1.66. The van der Waals surface area contributed by atoms with Crippen LogP contribution in [0.5, 0.6) is 0 Å². The van der Waals surface area contributed by atoms with E-state index in [1.165, 1.54) is 4.68 Å². The Bertz CT molecular complexity index is 971. The van der Waals surface area contributed by atoms with Crippen molar-refractivity contribution in [2.24, 2.45) is 0 Å². The number of nitrogens with zero attached hydrogens (tertiary/aromatic N) is 2. The predicted octanol–water partition coefficient (Wildman–Crippen LogP) is 3.32. The van der Waals surface area contributed by atoms with E-state index in [9.17, 15) is 14.7 Å². The van der Waals surface area contributed by atoms with E-state index in [1.807, 2.05) is 60.7 Å². The van der Waals surface area contributed by atoms with Gasteiger partial charge in [0, 0.05) is 6.42 Å². The number of carboxylic acids is 1. The van der Waals surface area contributed by atoms with Crippen LogP contribution in [0.4, 0.5) is 0 Å². The van der Waals surface area contributed by atoms with Gasteiger partial charge in [-0.1, -0.05) is 72.3 Å². The first-order valence-corrected chi connectivity index (χ1v) is 9.18. The molecule has 2 aromatic carbocycles. The van der Waals surface area contributed by atoms with Crippen LogP contribution >= 0.6 is 11.6 Å². The lowest BCUT2D eigenvalue weighted by Gasteiger charge is -2.14. The molecule has 0 saturated carbocycles. The van der Waals surface area contributed by atoms with Gasteiger partial charge in [-0.15, -0.1) is 0 Å². The lowest BCUT2D eigenvalue weighted by atomic mass is 10.1. The number of rotatable bonds is 7. The van der Waals surface area contributed by atoms with E-state index in [4.69, 9.17) is 11.6 Å². The highest BCUT2D eigenvalue weighted by molar-refractivity contribution is 6.33. The summed E-state index contributed by atoms with van der Waals surface area (Å²) in [4.78, 5) is 24.4. The van der Waals surface area contributed by atoms with Gasteiger partial charge in [0.15, 0.2) is 0 Å². The molecule has 0 radical (unpaired) electrons. The summed E-state index contributed by atoms with van der Waals surface area (Å²) in [6.45, 7) is 2.09. The summed E-state index contributed by atoms with van der Waals surface area (Å²) in [5.41, 5.74) is 2.45. The smallest absolute Gasteiger partial charge is 0.326 e. The lowest BCUT2D eigenvalue weighted by molar-refractivity contribution is -0.139. The zero-order valence-electron chi connectivity index (χ0n) is 15.3. The van der Waals surface area contributed by atoms with Crippen LogP contribution in [0.1, 0.15) is 27.2 Å². The molecule has 144 valence electrons. The van der Waals surface area contributed by atoms with Crippen molar-refractivity contribution in [1.29, 1.82) is 0 Å². The Morgan fingerprint density at radius 3 is 2.21 bits per heavy atom. The van der Waals surface area contributed by atoms with Crippen molar-refractivity contribution in [3.8, 4) is 0 Å². The first kappa shape index (κ1) is 19.6. The second kappa shape index (κ2) is 8.71. The summed E-state index contributed by atoms with van der Waals surface area (Å²) in [5, 5.41) is 16.6. The van der Waals surface area contributed by atoms with E-state index >= 15 is 0 Å². The molecule has 0 aliphatic heterocycles. The standard InChI is InChI=1S/C21H20ClN3O3/c1-14-18(19(22)25(24-14)13-16-10-6-3-7-11-16)20(26)23-17(21(27)28)12-15-8-4-2-5-9-15/h2-11,17H,12-13H2,1H3,(H,23,26)(H,27,28). The number of aromatic nitrogens is 2. The molecule has 7 heteroatoms. The lowest BCUT2D eigenvalue weighted by Crippen LogP contribution is -2.42. The molecule has 0 fully saturated rings. The molecule has 1 atom stereocenters. The van der Waals surface area contributed by atoms with E-state index in [1.54, 1.807) is 6.92 Å². The number of benzene rings is 2. The zero-order chi connectivity index (χ0) is 20.1. The van der Waals surface area contributed by atoms with Crippen molar-refractivity contribution >= 4 is 23.5 Å². The van der Waals surface area contributed by atoms with Crippen LogP contribution in [0.3, 0.4) is 0 Å². The van der Waals surface area contributed by atoms with Gasteiger partial charge in [0.25, 0.3) is 5.91 Å². The Labute approximate surface area is 167 Å². The summed E-state index contributed by atoms with van der Waals surface area (Å²) in [6.07, 6.45) is 0.177. The van der Waals surface area contributed by atoms with Crippen LogP contribution < -0.4 is 5.32 Å². The fraction of sp³-hybridized carbons (Fsp3) is 0.190. The summed E-state index contributed by atoms with van der Waals surface area (Å²) < 4.78 is 1.54. The number of aliphatic carboxylic acids is 1. The number of carbonyl (C=O) groups is 2. The number of halogens is 1. The van der Waals surface area contributed by atoms with E-state index in [2.05, 4.69) is 10.4 Å². The van der Waals surface area contributed by atoms with Crippen molar-refractivity contribution in [3.63, 3.8) is 0 Å². The molecule has 0 bridgehead atoms. The minimum atomic E-state index is -1.11. The molecule has 1 unspecified atom stereocenters. The van der Waals surface area contributed by atoms with Crippen LogP contribution in [0.2, 0.25) is 5.15 Å². The van der Waals surface area contributed by atoms with E-state index in [-0.39, 0.29) is 17.1 Å². The first-order valence-electron chi connectivity index (χ1n) is 8.80. The molecule has 1 aromatic heterocycles. The van der Waals surface area contributed by atoms with Gasteiger partial charge in [-0.05, 0) is 18.1 Å².